The second-order valence-electron chi connectivity index (χ2n) is 6.94. The predicted octanol–water partition coefficient (Wildman–Crippen LogP) is 3.18. The molecule has 3 aromatic heterocycles. The number of nitrogens with zero attached hydrogens (tertiary/aromatic N) is 3. The van der Waals surface area contributed by atoms with E-state index in [9.17, 15) is 14.7 Å². The zero-order chi connectivity index (χ0) is 21.3. The second-order valence-corrected chi connectivity index (χ2v) is 8.18. The van der Waals surface area contributed by atoms with Gasteiger partial charge >= 0.3 is 6.03 Å². The summed E-state index contributed by atoms with van der Waals surface area (Å²) in [5.41, 5.74) is -0.104. The fourth-order valence-electron chi connectivity index (χ4n) is 2.65. The fraction of sp³-hybridized carbons (Fsp3) is 0.250. The highest BCUT2D eigenvalue weighted by Gasteiger charge is 2.48. The molecule has 1 aliphatic rings. The number of aliphatic hydroxyl groups is 1. The summed E-state index contributed by atoms with van der Waals surface area (Å²) in [6, 6.07) is 6.04. The van der Waals surface area contributed by atoms with Gasteiger partial charge in [0, 0.05) is 18.5 Å². The maximum Gasteiger partial charge on any atom is 0.327 e. The summed E-state index contributed by atoms with van der Waals surface area (Å²) in [7, 11) is 0. The number of amides is 3. The van der Waals surface area contributed by atoms with Crippen LogP contribution in [0.1, 0.15) is 23.5 Å². The van der Waals surface area contributed by atoms with Crippen LogP contribution in [0.3, 0.4) is 0 Å². The van der Waals surface area contributed by atoms with Crippen molar-refractivity contribution in [2.45, 2.75) is 32.3 Å². The lowest BCUT2D eigenvalue weighted by Crippen LogP contribution is -2.42. The third-order valence-electron chi connectivity index (χ3n) is 4.49. The molecule has 0 unspecified atom stereocenters. The first-order chi connectivity index (χ1) is 14.3. The van der Waals surface area contributed by atoms with Crippen LogP contribution in [0.5, 0.6) is 11.5 Å². The van der Waals surface area contributed by atoms with Crippen molar-refractivity contribution in [1.29, 1.82) is 0 Å². The molecule has 1 fully saturated rings. The van der Waals surface area contributed by atoms with Gasteiger partial charge in [-0.1, -0.05) is 0 Å². The molecule has 1 saturated carbocycles. The number of ether oxygens (including phenoxy) is 1. The molecule has 0 aliphatic heterocycles. The molecule has 0 radical (unpaired) electrons. The van der Waals surface area contributed by atoms with Crippen LogP contribution in [-0.2, 0) is 4.79 Å². The third kappa shape index (κ3) is 4.44. The van der Waals surface area contributed by atoms with Crippen LogP contribution >= 0.6 is 11.3 Å². The summed E-state index contributed by atoms with van der Waals surface area (Å²) < 4.78 is 5.92. The van der Waals surface area contributed by atoms with E-state index >= 15 is 0 Å². The van der Waals surface area contributed by atoms with Gasteiger partial charge < -0.3 is 9.84 Å². The van der Waals surface area contributed by atoms with Crippen LogP contribution in [0, 0.1) is 13.8 Å². The number of aromatic nitrogens is 3. The minimum absolute atomic E-state index is 0.253. The number of anilines is 1. The number of pyridine rings is 2. The van der Waals surface area contributed by atoms with Crippen LogP contribution in [0.4, 0.5) is 10.6 Å². The van der Waals surface area contributed by atoms with Crippen LogP contribution in [0.2, 0.25) is 0 Å². The Labute approximate surface area is 176 Å². The van der Waals surface area contributed by atoms with Gasteiger partial charge in [0.25, 0.3) is 5.91 Å². The van der Waals surface area contributed by atoms with E-state index in [4.69, 9.17) is 4.74 Å². The molecule has 0 bridgehead atoms. The van der Waals surface area contributed by atoms with Gasteiger partial charge in [0.1, 0.15) is 22.9 Å². The van der Waals surface area contributed by atoms with Gasteiger partial charge in [-0.05, 0) is 44.9 Å². The average molecular weight is 425 g/mol. The highest BCUT2D eigenvalue weighted by Crippen LogP contribution is 2.35. The number of hydrogen-bond acceptors (Lipinski definition) is 8. The van der Waals surface area contributed by atoms with Gasteiger partial charge in [0.05, 0.1) is 21.3 Å². The monoisotopic (exact) mass is 425 g/mol. The lowest BCUT2D eigenvalue weighted by Gasteiger charge is -2.12. The van der Waals surface area contributed by atoms with Gasteiger partial charge in [0.15, 0.2) is 0 Å². The Bertz CT molecular complexity index is 1130. The summed E-state index contributed by atoms with van der Waals surface area (Å²) in [6.45, 7) is 3.67. The number of carbonyl (C=O) groups excluding carboxylic acids is 2. The van der Waals surface area contributed by atoms with E-state index in [0.29, 0.717) is 30.0 Å². The van der Waals surface area contributed by atoms with E-state index in [1.165, 1.54) is 0 Å². The lowest BCUT2D eigenvalue weighted by molar-refractivity contribution is -0.130. The third-order valence-corrected chi connectivity index (χ3v) is 5.42. The average Bonchev–Trinajstić information content (AvgIpc) is 3.31. The molecule has 9 nitrogen and oxygen atoms in total. The van der Waals surface area contributed by atoms with Gasteiger partial charge in [-0.15, -0.1) is 11.3 Å². The maximum absolute atomic E-state index is 11.9. The predicted molar refractivity (Wildman–Crippen MR) is 110 cm³/mol. The SMILES string of the molecule is Cc1ncc(-c2cc(Oc3ccc(NC(=O)NC(=O)C4(O)CC4)nc3C)ccn2)s1. The van der Waals surface area contributed by atoms with Crippen molar-refractivity contribution in [3.8, 4) is 22.1 Å². The Morgan fingerprint density at radius 1 is 1.20 bits per heavy atom. The zero-order valence-electron chi connectivity index (χ0n) is 16.3. The summed E-state index contributed by atoms with van der Waals surface area (Å²) in [6.07, 6.45) is 4.15. The summed E-state index contributed by atoms with van der Waals surface area (Å²) in [4.78, 5) is 37.5. The highest BCUT2D eigenvalue weighted by molar-refractivity contribution is 7.15. The molecule has 0 saturated heterocycles. The Morgan fingerprint density at radius 2 is 2.00 bits per heavy atom. The quantitative estimate of drug-likeness (QED) is 0.573. The number of thiazole rings is 1. The van der Waals surface area contributed by atoms with E-state index in [-0.39, 0.29) is 5.82 Å². The Kier molecular flexibility index (Phi) is 5.18. The second kappa shape index (κ2) is 7.81. The molecule has 30 heavy (non-hydrogen) atoms. The molecule has 3 aromatic rings. The van der Waals surface area contributed by atoms with E-state index in [2.05, 4.69) is 25.6 Å². The van der Waals surface area contributed by atoms with Crippen molar-refractivity contribution in [1.82, 2.24) is 20.3 Å². The number of rotatable bonds is 5. The number of imide groups is 1. The molecular weight excluding hydrogens is 406 g/mol. The van der Waals surface area contributed by atoms with E-state index in [0.717, 1.165) is 15.6 Å². The molecule has 0 atom stereocenters. The summed E-state index contributed by atoms with van der Waals surface area (Å²) in [5.74, 6) is 0.657. The van der Waals surface area contributed by atoms with Crippen molar-refractivity contribution in [2.75, 3.05) is 5.32 Å². The highest BCUT2D eigenvalue weighted by atomic mass is 32.1. The van der Waals surface area contributed by atoms with E-state index in [1.807, 2.05) is 13.0 Å². The zero-order valence-corrected chi connectivity index (χ0v) is 17.1. The fourth-order valence-corrected chi connectivity index (χ4v) is 3.40. The van der Waals surface area contributed by atoms with Crippen molar-refractivity contribution >= 4 is 29.1 Å². The first kappa shape index (κ1) is 19.9. The molecule has 3 N–H and O–H groups in total. The molecule has 0 aromatic carbocycles. The first-order valence-corrected chi connectivity index (χ1v) is 10.0. The van der Waals surface area contributed by atoms with Gasteiger partial charge in [-0.3, -0.25) is 20.4 Å². The van der Waals surface area contributed by atoms with E-state index < -0.39 is 17.5 Å². The van der Waals surface area contributed by atoms with Crippen molar-refractivity contribution in [3.63, 3.8) is 0 Å². The van der Waals surface area contributed by atoms with Crippen LogP contribution < -0.4 is 15.4 Å². The smallest absolute Gasteiger partial charge is 0.327 e. The van der Waals surface area contributed by atoms with Crippen LogP contribution in [0.15, 0.2) is 36.7 Å². The van der Waals surface area contributed by atoms with Crippen LogP contribution in [0.25, 0.3) is 10.6 Å². The lowest BCUT2D eigenvalue weighted by atomic mass is 10.3. The number of carbonyl (C=O) groups is 2. The Hall–Kier alpha value is -3.37. The minimum atomic E-state index is -1.42. The summed E-state index contributed by atoms with van der Waals surface area (Å²) in [5, 5.41) is 15.2. The molecule has 154 valence electrons. The molecule has 4 rings (SSSR count). The Morgan fingerprint density at radius 3 is 2.67 bits per heavy atom. The summed E-state index contributed by atoms with van der Waals surface area (Å²) >= 11 is 1.55. The molecular formula is C20H19N5O4S. The topological polar surface area (TPSA) is 126 Å². The molecule has 3 amide bonds. The standard InChI is InChI=1S/C20H19N5O4S/c1-11-15(29-13-5-8-21-14(9-13)16-10-22-12(2)30-16)3-4-17(23-11)24-19(27)25-18(26)20(28)6-7-20/h3-5,8-10,28H,6-7H2,1-2H3,(H2,23,24,25,26,27). The van der Waals surface area contributed by atoms with Crippen molar-refractivity contribution in [2.24, 2.45) is 0 Å². The van der Waals surface area contributed by atoms with Crippen LogP contribution in [-0.4, -0.2) is 37.6 Å². The molecule has 3 heterocycles. The van der Waals surface area contributed by atoms with Gasteiger partial charge in [-0.25, -0.2) is 14.8 Å². The molecule has 10 heteroatoms. The largest absolute Gasteiger partial charge is 0.455 e. The maximum atomic E-state index is 11.9. The Balaban J connectivity index is 1.42. The number of nitrogens with one attached hydrogen (secondary N) is 2. The van der Waals surface area contributed by atoms with Crippen molar-refractivity contribution in [3.05, 3.63) is 47.4 Å². The van der Waals surface area contributed by atoms with Crippen molar-refractivity contribution < 1.29 is 19.4 Å². The first-order valence-electron chi connectivity index (χ1n) is 9.22. The van der Waals surface area contributed by atoms with E-state index in [1.54, 1.807) is 48.9 Å². The molecule has 0 spiro atoms. The number of urea groups is 1. The number of aryl methyl sites for hydroxylation is 2. The normalized spacial score (nSPS) is 14.1. The van der Waals surface area contributed by atoms with Gasteiger partial charge in [0.2, 0.25) is 0 Å². The molecule has 1 aliphatic carbocycles. The van der Waals surface area contributed by atoms with Gasteiger partial charge in [-0.2, -0.15) is 0 Å². The number of hydrogen-bond donors (Lipinski definition) is 3. The minimum Gasteiger partial charge on any atom is -0.455 e.